The van der Waals surface area contributed by atoms with Crippen molar-refractivity contribution in [2.75, 3.05) is 0 Å². The maximum Gasteiger partial charge on any atom is 0.202 e. The molecule has 0 bridgehead atoms. The van der Waals surface area contributed by atoms with Gasteiger partial charge in [0.05, 0.1) is 4.88 Å². The number of thiophene rings is 10. The van der Waals surface area contributed by atoms with Crippen molar-refractivity contribution in [2.45, 2.75) is 212 Å². The van der Waals surface area contributed by atoms with Gasteiger partial charge < -0.3 is 0 Å². The number of allylic oxidation sites excluding steroid dienone is 10. The first-order valence-corrected chi connectivity index (χ1v) is 47.6. The quantitative estimate of drug-likeness (QED) is 0.0313. The van der Waals surface area contributed by atoms with Gasteiger partial charge in [-0.2, -0.15) is 0 Å². The topological polar surface area (TPSA) is 17.1 Å². The van der Waals surface area contributed by atoms with Gasteiger partial charge in [-0.1, -0.05) is 209 Å². The highest BCUT2D eigenvalue weighted by Gasteiger charge is 2.59. The van der Waals surface area contributed by atoms with Crippen molar-refractivity contribution in [3.05, 3.63) is 227 Å². The fourth-order valence-electron chi connectivity index (χ4n) is 16.7. The molecule has 4 aliphatic carbocycles. The Bertz CT molecular complexity index is 5310. The highest BCUT2D eigenvalue weighted by atomic mass is 32.1. The van der Waals surface area contributed by atoms with Gasteiger partial charge in [-0.05, 0) is 242 Å². The minimum Gasteiger partial charge on any atom is -0.288 e. The Hall–Kier alpha value is -5.67. The predicted octanol–water partition coefficient (Wildman–Crippen LogP) is 31.6. The third kappa shape index (κ3) is 14.6. The van der Waals surface area contributed by atoms with Crippen LogP contribution in [0.5, 0.6) is 0 Å². The van der Waals surface area contributed by atoms with Gasteiger partial charge in [0.2, 0.25) is 5.78 Å². The van der Waals surface area contributed by atoms with E-state index >= 15 is 4.79 Å². The molecule has 2 atom stereocenters. The summed E-state index contributed by atoms with van der Waals surface area (Å²) in [5, 5.41) is 6.83. The van der Waals surface area contributed by atoms with E-state index in [4.69, 9.17) is 0 Å². The second kappa shape index (κ2) is 32.0. The standard InChI is InChI=1S/C95H102OS10/c1-13-17-21-25-31-64-66(33-27-23-19-15-3)90(105-88(64)83-47-42-76(101-83)74-35-29-51-97-74)85-49-44-80(103-85)78-40-39-73(99-78)69-55-62-54-60(92(5,6)7)56-70-63-38-37-59(53-68(63)71-57-61(93(8,9)10)58-72(69)95(71,12)94(62,70)11)87(96)82-46-41-79(100-82)81-45-50-86(104-81)91-67(34-28-24-20-16-4)65(32-26-22-18-14-2)89(106-91)84-48-43-77(102-84)75-36-30-52-98-75/h29-30,35-58H,13-28,31-34H2,1-12H3/t94-,95+/m0/s1. The van der Waals surface area contributed by atoms with Crippen molar-refractivity contribution >= 4 is 136 Å². The molecule has 0 unspecified atom stereocenters. The zero-order chi connectivity index (χ0) is 73.7. The molecule has 0 fully saturated rings. The number of carbonyl (C=O) groups is 1. The first-order valence-electron chi connectivity index (χ1n) is 39.3. The molecule has 1 nitrogen and oxygen atoms in total. The van der Waals surface area contributed by atoms with Gasteiger partial charge in [0.15, 0.2) is 0 Å². The van der Waals surface area contributed by atoms with Gasteiger partial charge >= 0.3 is 0 Å². The largest absolute Gasteiger partial charge is 0.288 e. The molecule has 106 heavy (non-hydrogen) atoms. The summed E-state index contributed by atoms with van der Waals surface area (Å²) < 4.78 is 0. The van der Waals surface area contributed by atoms with E-state index in [-0.39, 0.29) is 22.0 Å². The fourth-order valence-corrected chi connectivity index (χ4v) is 27.9. The molecule has 0 N–H and O–H groups in total. The molecule has 10 aromatic heterocycles. The first kappa shape index (κ1) is 75.7. The second-order valence-electron chi connectivity index (χ2n) is 32.2. The molecule has 1 aromatic carbocycles. The molecule has 11 aromatic rings. The third-order valence-corrected chi connectivity index (χ3v) is 35.3. The van der Waals surface area contributed by atoms with Crippen LogP contribution in [-0.4, -0.2) is 5.78 Å². The van der Waals surface area contributed by atoms with Crippen LogP contribution >= 0.6 is 113 Å². The number of unbranched alkanes of at least 4 members (excludes halogenated alkanes) is 12. The van der Waals surface area contributed by atoms with E-state index in [9.17, 15) is 0 Å². The van der Waals surface area contributed by atoms with Gasteiger partial charge in [-0.25, -0.2) is 0 Å². The Balaban J connectivity index is 0.782. The molecular weight excluding hydrogens is 1480 g/mol. The van der Waals surface area contributed by atoms with E-state index in [1.54, 1.807) is 33.6 Å². The fraction of sp³-hybridized carbons (Fsp3) is 0.379. The zero-order valence-corrected chi connectivity index (χ0v) is 72.3. The monoisotopic (exact) mass is 1580 g/mol. The van der Waals surface area contributed by atoms with Gasteiger partial charge in [-0.3, -0.25) is 4.79 Å². The Morgan fingerprint density at radius 2 is 0.726 bits per heavy atom. The molecule has 15 rings (SSSR count). The van der Waals surface area contributed by atoms with Gasteiger partial charge in [0.1, 0.15) is 0 Å². The average Bonchev–Trinajstić information content (AvgIpc) is 0.733. The number of carbonyl (C=O) groups excluding carboxylic acids is 1. The summed E-state index contributed by atoms with van der Waals surface area (Å²) in [6.07, 6.45) is 37.5. The van der Waals surface area contributed by atoms with E-state index in [0.29, 0.717) is 0 Å². The summed E-state index contributed by atoms with van der Waals surface area (Å²) in [6.45, 7) is 28.6. The van der Waals surface area contributed by atoms with Crippen LogP contribution in [0.15, 0.2) is 179 Å². The molecule has 11 heteroatoms. The summed E-state index contributed by atoms with van der Waals surface area (Å²) >= 11 is 19.3. The maximum atomic E-state index is 15.5. The third-order valence-electron chi connectivity index (χ3n) is 23.0. The van der Waals surface area contributed by atoms with Crippen LogP contribution in [0.25, 0.3) is 94.8 Å². The van der Waals surface area contributed by atoms with Crippen LogP contribution in [0, 0.1) is 21.7 Å². The van der Waals surface area contributed by atoms with Crippen molar-refractivity contribution in [3.8, 4) is 78.0 Å². The van der Waals surface area contributed by atoms with E-state index in [0.717, 1.165) is 41.0 Å². The summed E-state index contributed by atoms with van der Waals surface area (Å²) in [7, 11) is 0. The Morgan fingerprint density at radius 3 is 1.14 bits per heavy atom. The number of ketones is 1. The van der Waals surface area contributed by atoms with Gasteiger partial charge in [0.25, 0.3) is 0 Å². The van der Waals surface area contributed by atoms with Crippen LogP contribution in [0.2, 0.25) is 0 Å². The molecule has 0 amide bonds. The number of hydrogen-bond donors (Lipinski definition) is 0. The molecule has 0 saturated carbocycles. The summed E-state index contributed by atoms with van der Waals surface area (Å²) in [4.78, 5) is 39.6. The molecule has 548 valence electrons. The lowest BCUT2D eigenvalue weighted by molar-refractivity contribution is 0.104. The summed E-state index contributed by atoms with van der Waals surface area (Å²) in [6, 6.07) is 44.0. The molecule has 0 radical (unpaired) electrons. The van der Waals surface area contributed by atoms with E-state index in [1.807, 2.05) is 90.7 Å². The van der Waals surface area contributed by atoms with E-state index in [1.165, 1.54) is 230 Å². The Labute approximate surface area is 672 Å². The summed E-state index contributed by atoms with van der Waals surface area (Å²) in [5.41, 5.74) is 15.4. The van der Waals surface area contributed by atoms with Crippen LogP contribution in [0.4, 0.5) is 0 Å². The first-order chi connectivity index (χ1) is 51.3. The molecular formula is C95H102OS10. The van der Waals surface area contributed by atoms with Gasteiger partial charge in [-0.15, -0.1) is 113 Å². The van der Waals surface area contributed by atoms with Crippen molar-refractivity contribution in [2.24, 2.45) is 21.7 Å². The van der Waals surface area contributed by atoms with Crippen molar-refractivity contribution in [1.29, 1.82) is 0 Å². The smallest absolute Gasteiger partial charge is 0.202 e. The SMILES string of the molecule is CCCCCCc1c(-c2ccc(-c3cccs3)s2)sc(-c2ccc(-c3ccc(C(=O)c4ccc5c(c4)=C4C=C(C(C)(C)C)C=C6C(c7ccc(-c8ccc(-c9sc(-c%10ccc(-c%11cccs%11)s%10)c(CCCCCC)c9CCCCCC)s8)s7)=CC7=CC(C(C)(C)C)=CC=5[C@@]7(C)[C@@]64C)s3)s2)c1CCCCCC. The highest BCUT2D eigenvalue weighted by Crippen LogP contribution is 2.69. The molecule has 0 aliphatic heterocycles. The van der Waals surface area contributed by atoms with Crippen LogP contribution in [-0.2, 0) is 25.7 Å². The van der Waals surface area contributed by atoms with E-state index in [2.05, 4.69) is 251 Å². The summed E-state index contributed by atoms with van der Waals surface area (Å²) in [5.74, 6) is 0.0908. The second-order valence-corrected chi connectivity index (χ2v) is 42.6. The number of rotatable bonds is 31. The lowest BCUT2D eigenvalue weighted by atomic mass is 9.44. The molecule has 0 saturated heterocycles. The van der Waals surface area contributed by atoms with E-state index < -0.39 is 5.41 Å². The lowest BCUT2D eigenvalue weighted by Crippen LogP contribution is -2.55. The minimum absolute atomic E-state index is 0.0908. The Morgan fingerprint density at radius 1 is 0.349 bits per heavy atom. The number of benzene rings is 1. The number of hydrogen-bond acceptors (Lipinski definition) is 11. The average molecular weight is 1580 g/mol. The normalized spacial score (nSPS) is 17.0. The maximum absolute atomic E-state index is 15.5. The van der Waals surface area contributed by atoms with Gasteiger partial charge in [0, 0.05) is 99.3 Å². The van der Waals surface area contributed by atoms with Crippen molar-refractivity contribution < 1.29 is 4.79 Å². The predicted molar refractivity (Wildman–Crippen MR) is 478 cm³/mol. The van der Waals surface area contributed by atoms with Crippen molar-refractivity contribution in [1.82, 2.24) is 0 Å². The molecule has 0 spiro atoms. The molecule has 10 heterocycles. The lowest BCUT2D eigenvalue weighted by Gasteiger charge is -2.58. The zero-order valence-electron chi connectivity index (χ0n) is 64.1. The number of fused-ring (bicyclic) bond motifs is 1. The van der Waals surface area contributed by atoms with Crippen LogP contribution < -0.4 is 10.4 Å². The highest BCUT2D eigenvalue weighted by molar-refractivity contribution is 7.31. The minimum atomic E-state index is -0.466. The van der Waals surface area contributed by atoms with Crippen LogP contribution in [0.3, 0.4) is 0 Å². The van der Waals surface area contributed by atoms with Crippen molar-refractivity contribution in [3.63, 3.8) is 0 Å². The Kier molecular flexibility index (Phi) is 22.8. The van der Waals surface area contributed by atoms with Crippen LogP contribution in [0.1, 0.15) is 228 Å². The molecule has 4 aliphatic rings.